The molecule has 0 spiro atoms. The van der Waals surface area contributed by atoms with Crippen LogP contribution in [0.5, 0.6) is 0 Å². The molecule has 0 fully saturated rings. The molecule has 0 saturated carbocycles. The van der Waals surface area contributed by atoms with Crippen molar-refractivity contribution in [2.75, 3.05) is 12.4 Å². The minimum absolute atomic E-state index is 0.275. The highest BCUT2D eigenvalue weighted by Crippen LogP contribution is 2.25. The average Bonchev–Trinajstić information content (AvgIpc) is 2.02. The Balaban J connectivity index is 2.87. The van der Waals surface area contributed by atoms with Crippen LogP contribution in [0.25, 0.3) is 0 Å². The Hall–Kier alpha value is -1.19. The van der Waals surface area contributed by atoms with E-state index in [-0.39, 0.29) is 5.56 Å². The number of nitrogens with one attached hydrogen (secondary N) is 1. The number of alkyl halides is 3. The van der Waals surface area contributed by atoms with Gasteiger partial charge in [0.25, 0.3) is 0 Å². The van der Waals surface area contributed by atoms with Crippen LogP contribution in [-0.2, 0) is 6.42 Å². The summed E-state index contributed by atoms with van der Waals surface area (Å²) < 4.78 is 36.1. The van der Waals surface area contributed by atoms with Gasteiger partial charge in [-0.1, -0.05) is 18.2 Å². The Labute approximate surface area is 74.6 Å². The van der Waals surface area contributed by atoms with E-state index in [1.165, 1.54) is 6.07 Å². The molecule has 1 rings (SSSR count). The largest absolute Gasteiger partial charge is 0.393 e. The Morgan fingerprint density at radius 2 is 1.85 bits per heavy atom. The van der Waals surface area contributed by atoms with Crippen LogP contribution >= 0.6 is 0 Å². The maximum atomic E-state index is 12.0. The first kappa shape index (κ1) is 9.89. The first-order valence-electron chi connectivity index (χ1n) is 3.85. The Bertz CT molecular complexity index is 280. The van der Waals surface area contributed by atoms with Crippen molar-refractivity contribution in [3.05, 3.63) is 29.8 Å². The molecule has 0 aromatic heterocycles. The number of halogens is 3. The van der Waals surface area contributed by atoms with Gasteiger partial charge in [0.05, 0.1) is 6.42 Å². The van der Waals surface area contributed by atoms with E-state index in [1.807, 2.05) is 0 Å². The van der Waals surface area contributed by atoms with Crippen molar-refractivity contribution in [2.24, 2.45) is 0 Å². The smallest absolute Gasteiger partial charge is 0.388 e. The van der Waals surface area contributed by atoms with Crippen LogP contribution in [-0.4, -0.2) is 13.2 Å². The molecular formula is C9H10F3N. The van der Waals surface area contributed by atoms with Crippen molar-refractivity contribution in [1.29, 1.82) is 0 Å². The standard InChI is InChI=1S/C9H10F3N/c1-13-8-5-3-2-4-7(8)6-9(10,11)12/h2-5,13H,6H2,1H3. The lowest BCUT2D eigenvalue weighted by atomic mass is 10.1. The normalized spacial score (nSPS) is 11.4. The highest BCUT2D eigenvalue weighted by atomic mass is 19.4. The van der Waals surface area contributed by atoms with Crippen molar-refractivity contribution < 1.29 is 13.2 Å². The van der Waals surface area contributed by atoms with E-state index < -0.39 is 12.6 Å². The van der Waals surface area contributed by atoms with Crippen molar-refractivity contribution in [3.63, 3.8) is 0 Å². The van der Waals surface area contributed by atoms with Crippen molar-refractivity contribution in [1.82, 2.24) is 0 Å². The minimum Gasteiger partial charge on any atom is -0.388 e. The molecule has 13 heavy (non-hydrogen) atoms. The predicted molar refractivity (Wildman–Crippen MR) is 45.7 cm³/mol. The molecule has 0 atom stereocenters. The summed E-state index contributed by atoms with van der Waals surface area (Å²) in [4.78, 5) is 0. The van der Waals surface area contributed by atoms with Crippen LogP contribution < -0.4 is 5.32 Å². The zero-order valence-corrected chi connectivity index (χ0v) is 7.15. The van der Waals surface area contributed by atoms with Gasteiger partial charge in [-0.05, 0) is 11.6 Å². The predicted octanol–water partition coefficient (Wildman–Crippen LogP) is 2.83. The maximum absolute atomic E-state index is 12.0. The summed E-state index contributed by atoms with van der Waals surface area (Å²) >= 11 is 0. The molecule has 4 heteroatoms. The summed E-state index contributed by atoms with van der Waals surface area (Å²) in [5.74, 6) is 0. The molecule has 0 unspecified atom stereocenters. The highest BCUT2D eigenvalue weighted by molar-refractivity contribution is 5.50. The second kappa shape index (κ2) is 3.68. The quantitative estimate of drug-likeness (QED) is 0.754. The van der Waals surface area contributed by atoms with Gasteiger partial charge in [0.15, 0.2) is 0 Å². The van der Waals surface area contributed by atoms with E-state index >= 15 is 0 Å². The van der Waals surface area contributed by atoms with Gasteiger partial charge in [0, 0.05) is 12.7 Å². The Morgan fingerprint density at radius 1 is 1.23 bits per heavy atom. The van der Waals surface area contributed by atoms with E-state index in [1.54, 1.807) is 25.2 Å². The van der Waals surface area contributed by atoms with E-state index in [2.05, 4.69) is 5.32 Å². The Kier molecular flexibility index (Phi) is 2.80. The molecule has 1 aromatic carbocycles. The van der Waals surface area contributed by atoms with Gasteiger partial charge in [-0.25, -0.2) is 0 Å². The lowest BCUT2D eigenvalue weighted by Crippen LogP contribution is -2.12. The third-order valence-corrected chi connectivity index (χ3v) is 1.68. The Morgan fingerprint density at radius 3 is 2.38 bits per heavy atom. The fraction of sp³-hybridized carbons (Fsp3) is 0.333. The topological polar surface area (TPSA) is 12.0 Å². The van der Waals surface area contributed by atoms with Gasteiger partial charge in [0.1, 0.15) is 0 Å². The fourth-order valence-electron chi connectivity index (χ4n) is 1.13. The lowest BCUT2D eigenvalue weighted by Gasteiger charge is -2.10. The number of hydrogen-bond donors (Lipinski definition) is 1. The van der Waals surface area contributed by atoms with Gasteiger partial charge >= 0.3 is 6.18 Å². The summed E-state index contributed by atoms with van der Waals surface area (Å²) in [5.41, 5.74) is 0.803. The van der Waals surface area contributed by atoms with Crippen LogP contribution in [0.4, 0.5) is 18.9 Å². The van der Waals surface area contributed by atoms with Crippen LogP contribution in [0.2, 0.25) is 0 Å². The molecule has 1 aromatic rings. The van der Waals surface area contributed by atoms with E-state index in [0.29, 0.717) is 5.69 Å². The van der Waals surface area contributed by atoms with Crippen LogP contribution in [0.1, 0.15) is 5.56 Å². The maximum Gasteiger partial charge on any atom is 0.393 e. The number of benzene rings is 1. The molecule has 0 heterocycles. The molecule has 1 nitrogen and oxygen atoms in total. The van der Waals surface area contributed by atoms with Crippen molar-refractivity contribution in [2.45, 2.75) is 12.6 Å². The number of para-hydroxylation sites is 1. The van der Waals surface area contributed by atoms with Crippen LogP contribution in [0.3, 0.4) is 0 Å². The fourth-order valence-corrected chi connectivity index (χ4v) is 1.13. The average molecular weight is 189 g/mol. The molecule has 0 aliphatic heterocycles. The summed E-state index contributed by atoms with van der Waals surface area (Å²) in [7, 11) is 1.61. The molecule has 1 N–H and O–H groups in total. The molecule has 0 aliphatic rings. The van der Waals surface area contributed by atoms with Gasteiger partial charge in [-0.3, -0.25) is 0 Å². The van der Waals surface area contributed by atoms with Gasteiger partial charge in [-0.15, -0.1) is 0 Å². The third kappa shape index (κ3) is 2.97. The minimum atomic E-state index is -4.15. The zero-order chi connectivity index (χ0) is 9.90. The van der Waals surface area contributed by atoms with Crippen LogP contribution in [0.15, 0.2) is 24.3 Å². The molecular weight excluding hydrogens is 179 g/mol. The van der Waals surface area contributed by atoms with Gasteiger partial charge in [-0.2, -0.15) is 13.2 Å². The number of hydrogen-bond acceptors (Lipinski definition) is 1. The van der Waals surface area contributed by atoms with Gasteiger partial charge in [0.2, 0.25) is 0 Å². The summed E-state index contributed by atoms with van der Waals surface area (Å²) in [6, 6.07) is 6.40. The highest BCUT2D eigenvalue weighted by Gasteiger charge is 2.28. The second-order valence-corrected chi connectivity index (χ2v) is 2.70. The molecule has 0 aliphatic carbocycles. The molecule has 72 valence electrons. The van der Waals surface area contributed by atoms with E-state index in [9.17, 15) is 13.2 Å². The van der Waals surface area contributed by atoms with E-state index in [0.717, 1.165) is 0 Å². The summed E-state index contributed by atoms with van der Waals surface area (Å²) in [6.45, 7) is 0. The second-order valence-electron chi connectivity index (χ2n) is 2.70. The van der Waals surface area contributed by atoms with Crippen molar-refractivity contribution in [3.8, 4) is 0 Å². The monoisotopic (exact) mass is 189 g/mol. The first-order chi connectivity index (χ1) is 6.03. The summed E-state index contributed by atoms with van der Waals surface area (Å²) in [6.07, 6.45) is -5.03. The molecule has 0 saturated heterocycles. The molecule has 0 amide bonds. The summed E-state index contributed by atoms with van der Waals surface area (Å²) in [5, 5.41) is 2.72. The lowest BCUT2D eigenvalue weighted by molar-refractivity contribution is -0.127. The number of rotatable bonds is 2. The van der Waals surface area contributed by atoms with Crippen molar-refractivity contribution >= 4 is 5.69 Å². The molecule has 0 radical (unpaired) electrons. The molecule has 0 bridgehead atoms. The number of anilines is 1. The zero-order valence-electron chi connectivity index (χ0n) is 7.15. The van der Waals surface area contributed by atoms with Crippen LogP contribution in [0, 0.1) is 0 Å². The SMILES string of the molecule is CNc1ccccc1CC(F)(F)F. The van der Waals surface area contributed by atoms with Gasteiger partial charge < -0.3 is 5.32 Å². The van der Waals surface area contributed by atoms with E-state index in [4.69, 9.17) is 0 Å². The third-order valence-electron chi connectivity index (χ3n) is 1.68. The first-order valence-corrected chi connectivity index (χ1v) is 3.85.